The largest absolute Gasteiger partial charge is 0.453 e. The number of carbonyl (C=O) groups excluding carboxylic acids is 3. The quantitative estimate of drug-likeness (QED) is 0.138. The summed E-state index contributed by atoms with van der Waals surface area (Å²) in [7, 11) is -4.24. The third-order valence-electron chi connectivity index (χ3n) is 15.3. The predicted molar refractivity (Wildman–Crippen MR) is 261 cm³/mol. The second-order valence-corrected chi connectivity index (χ2v) is 21.3. The van der Waals surface area contributed by atoms with Crippen molar-refractivity contribution in [2.24, 2.45) is 0 Å². The summed E-state index contributed by atoms with van der Waals surface area (Å²) in [5, 5.41) is 12.5. The first-order valence-corrected chi connectivity index (χ1v) is 26.1. The summed E-state index contributed by atoms with van der Waals surface area (Å²) in [6, 6.07) is 22.0. The lowest BCUT2D eigenvalue weighted by Gasteiger charge is -2.47. The highest BCUT2D eigenvalue weighted by Crippen LogP contribution is 2.39. The van der Waals surface area contributed by atoms with Crippen LogP contribution in [0.25, 0.3) is 16.6 Å². The highest BCUT2D eigenvalue weighted by atomic mass is 32.2. The van der Waals surface area contributed by atoms with Crippen LogP contribution in [0.1, 0.15) is 90.8 Å². The van der Waals surface area contributed by atoms with Gasteiger partial charge in [-0.25, -0.2) is 13.8 Å². The number of carbonyl (C=O) groups is 3. The standard InChI is InChI=1S/C52H53F2N9O8S/c53-34-15-22-61(29-34)72(68,69)58-46-10-8-44(54)49(43(46)27-55)71-39-6-9-45-42(26-39)52(67)63(30-56-45)36-4-2-35(3-5-36)59-20-16-38(17-21-59)70-40-24-37(25-40)60-18-13-31(14-19-60)32-1-7-41-33(23-32)28-62(51(41)66)47-11-12-48(64)57-50(47)65/h1-10,23,26,30-31,34,37-38,40,47,58H,11-22,24-25,28-29H2,(H,57,64,65)/t34-,37?,40?,47-/m1/s1. The summed E-state index contributed by atoms with van der Waals surface area (Å²) >= 11 is 0. The highest BCUT2D eigenvalue weighted by Gasteiger charge is 2.41. The van der Waals surface area contributed by atoms with Crippen molar-refractivity contribution in [2.45, 2.75) is 101 Å². The molecule has 374 valence electrons. The summed E-state index contributed by atoms with van der Waals surface area (Å²) in [4.78, 5) is 62.2. The fraction of sp³-hybridized carbons (Fsp3) is 0.423. The van der Waals surface area contributed by atoms with E-state index in [0.717, 1.165) is 92.4 Å². The molecule has 0 radical (unpaired) electrons. The maximum absolute atomic E-state index is 15.2. The number of aromatic nitrogens is 2. The second kappa shape index (κ2) is 19.3. The van der Waals surface area contributed by atoms with Gasteiger partial charge >= 0.3 is 10.2 Å². The Morgan fingerprint density at radius 2 is 1.60 bits per heavy atom. The van der Waals surface area contributed by atoms with E-state index < -0.39 is 51.0 Å². The van der Waals surface area contributed by atoms with E-state index in [4.69, 9.17) is 9.47 Å². The second-order valence-electron chi connectivity index (χ2n) is 19.7. The molecule has 6 aliphatic rings. The van der Waals surface area contributed by atoms with Gasteiger partial charge in [0.05, 0.1) is 34.5 Å². The molecule has 17 nitrogen and oxygen atoms in total. The monoisotopic (exact) mass is 1000 g/mol. The van der Waals surface area contributed by atoms with Crippen molar-refractivity contribution in [3.8, 4) is 23.3 Å². The molecule has 5 aromatic rings. The average molecular weight is 1000 g/mol. The summed E-state index contributed by atoms with van der Waals surface area (Å²) < 4.78 is 71.8. The lowest BCUT2D eigenvalue weighted by molar-refractivity contribution is -0.136. The van der Waals surface area contributed by atoms with Crippen LogP contribution in [-0.2, 0) is 31.1 Å². The molecule has 72 heavy (non-hydrogen) atoms. The smallest absolute Gasteiger partial charge is 0.301 e. The van der Waals surface area contributed by atoms with E-state index in [1.807, 2.05) is 30.3 Å². The molecule has 3 amide bonds. The van der Waals surface area contributed by atoms with Crippen LogP contribution in [0.15, 0.2) is 83.9 Å². The van der Waals surface area contributed by atoms with Gasteiger partial charge in [-0.2, -0.15) is 18.0 Å². The fourth-order valence-corrected chi connectivity index (χ4v) is 12.4. The van der Waals surface area contributed by atoms with Crippen LogP contribution in [0.4, 0.5) is 20.2 Å². The Kier molecular flexibility index (Phi) is 12.8. The van der Waals surface area contributed by atoms with Crippen LogP contribution in [0.3, 0.4) is 0 Å². The Balaban J connectivity index is 0.652. The van der Waals surface area contributed by atoms with Crippen molar-refractivity contribution in [2.75, 3.05) is 48.9 Å². The Bertz CT molecular complexity index is 3180. The van der Waals surface area contributed by atoms with Crippen molar-refractivity contribution in [1.82, 2.24) is 29.0 Å². The molecule has 4 saturated heterocycles. The first kappa shape index (κ1) is 47.5. The van der Waals surface area contributed by atoms with Gasteiger partial charge in [-0.1, -0.05) is 12.1 Å². The SMILES string of the molecule is N#Cc1c(NS(=O)(=O)N2CC[C@@H](F)C2)ccc(F)c1Oc1ccc2ncn(-c3ccc(N4CCC(OC5CC(N6CCC(c7ccc8c(c7)CN([C@@H]7CCC(=O)NC7=O)C8=O)CC6)C5)CC4)cc3)c(=O)c2c1. The highest BCUT2D eigenvalue weighted by molar-refractivity contribution is 7.90. The fourth-order valence-electron chi connectivity index (χ4n) is 11.2. The normalized spacial score (nSPS) is 23.5. The minimum Gasteiger partial charge on any atom is -0.453 e. The number of hydrogen-bond donors (Lipinski definition) is 2. The lowest BCUT2D eigenvalue weighted by Crippen LogP contribution is -2.52. The maximum Gasteiger partial charge on any atom is 0.301 e. The topological polar surface area (TPSA) is 200 Å². The number of hydrogen-bond acceptors (Lipinski definition) is 12. The third kappa shape index (κ3) is 9.30. The number of nitrogens with zero attached hydrogens (tertiary/aromatic N) is 7. The molecule has 4 aromatic carbocycles. The summed E-state index contributed by atoms with van der Waals surface area (Å²) in [5.41, 5.74) is 3.75. The van der Waals surface area contributed by atoms with Crippen molar-refractivity contribution in [1.29, 1.82) is 5.26 Å². The number of benzene rings is 4. The number of anilines is 2. The predicted octanol–water partition coefficient (Wildman–Crippen LogP) is 6.05. The van der Waals surface area contributed by atoms with Crippen molar-refractivity contribution < 1.29 is 41.1 Å². The van der Waals surface area contributed by atoms with E-state index in [1.165, 1.54) is 34.7 Å². The molecular weight excluding hydrogens is 949 g/mol. The number of fused-ring (bicyclic) bond motifs is 2. The molecule has 2 atom stereocenters. The summed E-state index contributed by atoms with van der Waals surface area (Å²) in [6.07, 6.45) is 7.19. The molecule has 0 bridgehead atoms. The number of amides is 3. The Morgan fingerprint density at radius 3 is 2.32 bits per heavy atom. The van der Waals surface area contributed by atoms with Crippen LogP contribution >= 0.6 is 0 Å². The Hall–Kier alpha value is -6.79. The number of likely N-dealkylation sites (tertiary alicyclic amines) is 1. The van der Waals surface area contributed by atoms with Crippen LogP contribution in [-0.4, -0.2) is 120 Å². The van der Waals surface area contributed by atoms with Gasteiger partial charge in [0.25, 0.3) is 11.5 Å². The first-order chi connectivity index (χ1) is 34.8. The van der Waals surface area contributed by atoms with E-state index >= 15 is 4.39 Å². The van der Waals surface area contributed by atoms with Gasteiger partial charge in [-0.15, -0.1) is 0 Å². The van der Waals surface area contributed by atoms with Gasteiger partial charge < -0.3 is 24.2 Å². The Morgan fingerprint density at radius 1 is 0.833 bits per heavy atom. The van der Waals surface area contributed by atoms with Gasteiger partial charge in [0.2, 0.25) is 11.8 Å². The van der Waals surface area contributed by atoms with Crippen LogP contribution in [0, 0.1) is 17.1 Å². The Labute approximate surface area is 414 Å². The van der Waals surface area contributed by atoms with E-state index in [2.05, 4.69) is 37.0 Å². The van der Waals surface area contributed by atoms with Crippen molar-refractivity contribution in [3.05, 3.63) is 118 Å². The zero-order valence-corrected chi connectivity index (χ0v) is 40.2. The van der Waals surface area contributed by atoms with Gasteiger partial charge in [-0.05, 0) is 142 Å². The number of alkyl halides is 1. The van der Waals surface area contributed by atoms with E-state index in [9.17, 15) is 37.2 Å². The number of rotatable bonds is 12. The summed E-state index contributed by atoms with van der Waals surface area (Å²) in [5.74, 6) is -1.87. The molecule has 20 heteroatoms. The van der Waals surface area contributed by atoms with E-state index in [-0.39, 0.29) is 66.8 Å². The number of piperidine rings is 3. The third-order valence-corrected chi connectivity index (χ3v) is 16.8. The van der Waals surface area contributed by atoms with Crippen LogP contribution < -0.4 is 25.2 Å². The van der Waals surface area contributed by atoms with Crippen LogP contribution in [0.2, 0.25) is 0 Å². The number of imide groups is 1. The molecule has 0 unspecified atom stereocenters. The molecule has 5 aliphatic heterocycles. The van der Waals surface area contributed by atoms with Gasteiger partial charge in [0.15, 0.2) is 11.6 Å². The first-order valence-electron chi connectivity index (χ1n) is 24.6. The van der Waals surface area contributed by atoms with Crippen molar-refractivity contribution in [3.63, 3.8) is 0 Å². The van der Waals surface area contributed by atoms with Gasteiger partial charge in [-0.3, -0.25) is 33.8 Å². The molecule has 11 rings (SSSR count). The molecule has 6 heterocycles. The molecule has 1 aliphatic carbocycles. The minimum absolute atomic E-state index is 0.0172. The maximum atomic E-state index is 15.2. The molecule has 1 saturated carbocycles. The number of halogens is 2. The average Bonchev–Trinajstić information content (AvgIpc) is 3.96. The van der Waals surface area contributed by atoms with Gasteiger partial charge in [0.1, 0.15) is 35.9 Å². The zero-order chi connectivity index (χ0) is 49.8. The van der Waals surface area contributed by atoms with Crippen LogP contribution in [0.5, 0.6) is 11.5 Å². The molecule has 2 N–H and O–H groups in total. The molecule has 5 fully saturated rings. The van der Waals surface area contributed by atoms with Gasteiger partial charge in [0, 0.05) is 56.4 Å². The number of nitrogens with one attached hydrogen (secondary N) is 2. The number of ether oxygens (including phenoxy) is 2. The molecule has 1 aromatic heterocycles. The molecular formula is C52H53F2N9O8S. The summed E-state index contributed by atoms with van der Waals surface area (Å²) in [6.45, 7) is 3.73. The minimum atomic E-state index is -4.24. The molecule has 0 spiro atoms. The van der Waals surface area contributed by atoms with E-state index in [0.29, 0.717) is 41.7 Å². The van der Waals surface area contributed by atoms with E-state index in [1.54, 1.807) is 11.0 Å². The van der Waals surface area contributed by atoms with Crippen molar-refractivity contribution >= 4 is 50.2 Å². The lowest BCUT2D eigenvalue weighted by atomic mass is 9.83. The zero-order valence-electron chi connectivity index (χ0n) is 39.3. The number of nitriles is 1.